The molecule has 6 heteroatoms. The molecule has 1 N–H and O–H groups in total. The number of rotatable bonds is 5. The maximum Gasteiger partial charge on any atom is 0.149 e. The molecule has 0 saturated heterocycles. The fourth-order valence-electron chi connectivity index (χ4n) is 1.32. The van der Waals surface area contributed by atoms with Crippen molar-refractivity contribution in [3.05, 3.63) is 36.3 Å². The van der Waals surface area contributed by atoms with Crippen molar-refractivity contribution < 1.29 is 0 Å². The van der Waals surface area contributed by atoms with Gasteiger partial charge in [-0.3, -0.25) is 4.98 Å². The van der Waals surface area contributed by atoms with Gasteiger partial charge in [-0.2, -0.15) is 0 Å². The summed E-state index contributed by atoms with van der Waals surface area (Å²) >= 11 is 5.71. The van der Waals surface area contributed by atoms with E-state index in [0.29, 0.717) is 11.0 Å². The molecule has 2 aromatic heterocycles. The Balaban J connectivity index is 1.72. The minimum atomic E-state index is 0.402. The zero-order valence-corrected chi connectivity index (χ0v) is 9.43. The van der Waals surface area contributed by atoms with Crippen LogP contribution in [0.4, 0.5) is 5.82 Å². The molecule has 0 saturated carbocycles. The van der Waals surface area contributed by atoms with Gasteiger partial charge >= 0.3 is 0 Å². The van der Waals surface area contributed by atoms with E-state index >= 15 is 0 Å². The molecule has 0 aliphatic carbocycles. The SMILES string of the molecule is Clc1cncc(NCCCn2ccnc2)n1. The van der Waals surface area contributed by atoms with Crippen LogP contribution in [0.5, 0.6) is 0 Å². The zero-order valence-electron chi connectivity index (χ0n) is 8.67. The minimum absolute atomic E-state index is 0.402. The van der Waals surface area contributed by atoms with Crippen LogP contribution in [-0.2, 0) is 6.54 Å². The maximum absolute atomic E-state index is 5.71. The molecule has 2 heterocycles. The Morgan fingerprint density at radius 1 is 1.31 bits per heavy atom. The third kappa shape index (κ3) is 3.20. The Bertz CT molecular complexity index is 429. The Morgan fingerprint density at radius 3 is 3.00 bits per heavy atom. The summed E-state index contributed by atoms with van der Waals surface area (Å²) in [6.07, 6.45) is 9.68. The van der Waals surface area contributed by atoms with Crippen LogP contribution < -0.4 is 5.32 Å². The highest BCUT2D eigenvalue weighted by Gasteiger charge is 1.95. The second kappa shape index (κ2) is 5.46. The van der Waals surface area contributed by atoms with Crippen LogP contribution in [0.25, 0.3) is 0 Å². The van der Waals surface area contributed by atoms with Gasteiger partial charge in [0.1, 0.15) is 11.0 Å². The van der Waals surface area contributed by atoms with Crippen molar-refractivity contribution in [3.63, 3.8) is 0 Å². The van der Waals surface area contributed by atoms with Gasteiger partial charge in [0, 0.05) is 25.5 Å². The first-order chi connectivity index (χ1) is 7.84. The number of aryl methyl sites for hydroxylation is 1. The van der Waals surface area contributed by atoms with Gasteiger partial charge in [0.05, 0.1) is 18.7 Å². The number of hydrogen-bond donors (Lipinski definition) is 1. The lowest BCUT2D eigenvalue weighted by atomic mass is 10.4. The molecule has 0 aliphatic rings. The molecule has 0 spiro atoms. The van der Waals surface area contributed by atoms with Crippen molar-refractivity contribution >= 4 is 17.4 Å². The number of aromatic nitrogens is 4. The topological polar surface area (TPSA) is 55.6 Å². The van der Waals surface area contributed by atoms with E-state index in [-0.39, 0.29) is 0 Å². The summed E-state index contributed by atoms with van der Waals surface area (Å²) in [4.78, 5) is 12.0. The molecule has 0 aliphatic heterocycles. The van der Waals surface area contributed by atoms with Crippen LogP contribution in [0.3, 0.4) is 0 Å². The highest BCUT2D eigenvalue weighted by atomic mass is 35.5. The van der Waals surface area contributed by atoms with Crippen molar-refractivity contribution in [2.75, 3.05) is 11.9 Å². The average Bonchev–Trinajstić information content (AvgIpc) is 2.77. The van der Waals surface area contributed by atoms with Gasteiger partial charge in [-0.05, 0) is 6.42 Å². The number of halogens is 1. The van der Waals surface area contributed by atoms with Crippen LogP contribution in [0.1, 0.15) is 6.42 Å². The molecular weight excluding hydrogens is 226 g/mol. The van der Waals surface area contributed by atoms with Crippen LogP contribution >= 0.6 is 11.6 Å². The zero-order chi connectivity index (χ0) is 11.2. The molecule has 0 amide bonds. The first kappa shape index (κ1) is 10.9. The molecule has 0 radical (unpaired) electrons. The second-order valence-electron chi connectivity index (χ2n) is 3.31. The second-order valence-corrected chi connectivity index (χ2v) is 3.70. The van der Waals surface area contributed by atoms with Crippen LogP contribution in [0.2, 0.25) is 5.15 Å². The van der Waals surface area contributed by atoms with E-state index in [1.807, 2.05) is 10.8 Å². The van der Waals surface area contributed by atoms with E-state index in [9.17, 15) is 0 Å². The van der Waals surface area contributed by atoms with E-state index in [1.165, 1.54) is 6.20 Å². The van der Waals surface area contributed by atoms with Crippen molar-refractivity contribution in [2.45, 2.75) is 13.0 Å². The third-order valence-electron chi connectivity index (χ3n) is 2.06. The summed E-state index contributed by atoms with van der Waals surface area (Å²) in [6, 6.07) is 0. The van der Waals surface area contributed by atoms with Crippen LogP contribution in [0, 0.1) is 0 Å². The Labute approximate surface area is 98.5 Å². The fourth-order valence-corrected chi connectivity index (χ4v) is 1.47. The van der Waals surface area contributed by atoms with E-state index in [0.717, 1.165) is 19.5 Å². The summed E-state index contributed by atoms with van der Waals surface area (Å²) < 4.78 is 2.03. The van der Waals surface area contributed by atoms with E-state index in [2.05, 4.69) is 20.3 Å². The maximum atomic E-state index is 5.71. The monoisotopic (exact) mass is 237 g/mol. The Kier molecular flexibility index (Phi) is 3.71. The van der Waals surface area contributed by atoms with Gasteiger partial charge < -0.3 is 9.88 Å². The molecule has 84 valence electrons. The molecule has 0 unspecified atom stereocenters. The number of nitrogens with zero attached hydrogens (tertiary/aromatic N) is 4. The third-order valence-corrected chi connectivity index (χ3v) is 2.25. The quantitative estimate of drug-likeness (QED) is 0.807. The molecule has 0 atom stereocenters. The van der Waals surface area contributed by atoms with Crippen molar-refractivity contribution in [1.29, 1.82) is 0 Å². The molecular formula is C10H12ClN5. The first-order valence-corrected chi connectivity index (χ1v) is 5.39. The van der Waals surface area contributed by atoms with Gasteiger partial charge in [-0.25, -0.2) is 9.97 Å². The molecule has 0 bridgehead atoms. The lowest BCUT2D eigenvalue weighted by Gasteiger charge is -2.05. The highest BCUT2D eigenvalue weighted by Crippen LogP contribution is 2.06. The largest absolute Gasteiger partial charge is 0.369 e. The van der Waals surface area contributed by atoms with Gasteiger partial charge in [-0.1, -0.05) is 11.6 Å². The predicted molar refractivity (Wildman–Crippen MR) is 62.4 cm³/mol. The van der Waals surface area contributed by atoms with Gasteiger partial charge in [-0.15, -0.1) is 0 Å². The number of hydrogen-bond acceptors (Lipinski definition) is 4. The van der Waals surface area contributed by atoms with Crippen LogP contribution in [-0.4, -0.2) is 26.1 Å². The molecule has 2 aromatic rings. The van der Waals surface area contributed by atoms with Gasteiger partial charge in [0.15, 0.2) is 0 Å². The predicted octanol–water partition coefficient (Wildman–Crippen LogP) is 1.83. The van der Waals surface area contributed by atoms with E-state index in [1.54, 1.807) is 18.7 Å². The van der Waals surface area contributed by atoms with Gasteiger partial charge in [0.25, 0.3) is 0 Å². The molecule has 0 fully saturated rings. The van der Waals surface area contributed by atoms with Crippen molar-refractivity contribution in [1.82, 2.24) is 19.5 Å². The number of anilines is 1. The summed E-state index contributed by atoms with van der Waals surface area (Å²) in [5, 5.41) is 3.56. The van der Waals surface area contributed by atoms with E-state index < -0.39 is 0 Å². The molecule has 0 aromatic carbocycles. The minimum Gasteiger partial charge on any atom is -0.369 e. The Morgan fingerprint density at radius 2 is 2.25 bits per heavy atom. The highest BCUT2D eigenvalue weighted by molar-refractivity contribution is 6.29. The molecule has 5 nitrogen and oxygen atoms in total. The summed E-state index contributed by atoms with van der Waals surface area (Å²) in [5.74, 6) is 0.707. The normalized spacial score (nSPS) is 10.3. The average molecular weight is 238 g/mol. The summed E-state index contributed by atoms with van der Waals surface area (Å²) in [5.41, 5.74) is 0. The first-order valence-electron chi connectivity index (χ1n) is 5.02. The summed E-state index contributed by atoms with van der Waals surface area (Å²) in [6.45, 7) is 1.76. The number of imidazole rings is 1. The smallest absolute Gasteiger partial charge is 0.149 e. The lowest BCUT2D eigenvalue weighted by Crippen LogP contribution is -2.07. The van der Waals surface area contributed by atoms with Crippen molar-refractivity contribution in [3.8, 4) is 0 Å². The molecule has 2 rings (SSSR count). The Hall–Kier alpha value is -1.62. The lowest BCUT2D eigenvalue weighted by molar-refractivity contribution is 0.660. The van der Waals surface area contributed by atoms with E-state index in [4.69, 9.17) is 11.6 Å². The standard InChI is InChI=1S/C10H12ClN5/c11-9-6-13-7-10(15-9)14-2-1-4-16-5-3-12-8-16/h3,5-8H,1-2,4H2,(H,14,15). The van der Waals surface area contributed by atoms with Crippen LogP contribution in [0.15, 0.2) is 31.1 Å². The summed E-state index contributed by atoms with van der Waals surface area (Å²) in [7, 11) is 0. The van der Waals surface area contributed by atoms with Crippen molar-refractivity contribution in [2.24, 2.45) is 0 Å². The fraction of sp³-hybridized carbons (Fsp3) is 0.300. The van der Waals surface area contributed by atoms with Gasteiger partial charge in [0.2, 0.25) is 0 Å². The molecule has 16 heavy (non-hydrogen) atoms. The number of nitrogens with one attached hydrogen (secondary N) is 1.